The molecule has 0 fully saturated rings. The van der Waals surface area contributed by atoms with E-state index in [1.54, 1.807) is 19.9 Å². The minimum atomic E-state index is -0.802. The summed E-state index contributed by atoms with van der Waals surface area (Å²) >= 11 is 0. The second kappa shape index (κ2) is 8.98. The van der Waals surface area contributed by atoms with Crippen molar-refractivity contribution in [1.29, 1.82) is 0 Å². The number of fused-ring (bicyclic) bond motifs is 1. The van der Waals surface area contributed by atoms with E-state index in [4.69, 9.17) is 9.26 Å². The summed E-state index contributed by atoms with van der Waals surface area (Å²) in [6, 6.07) is 14.9. The van der Waals surface area contributed by atoms with E-state index < -0.39 is 24.1 Å². The van der Waals surface area contributed by atoms with E-state index in [1.165, 1.54) is 0 Å². The number of carbonyl (C=O) groups is 2. The van der Waals surface area contributed by atoms with Gasteiger partial charge in [0.2, 0.25) is 5.76 Å². The molecule has 3 aromatic rings. The zero-order valence-electron chi connectivity index (χ0n) is 17.7. The van der Waals surface area contributed by atoms with E-state index >= 15 is 0 Å². The van der Waals surface area contributed by atoms with Gasteiger partial charge in [-0.1, -0.05) is 47.5 Å². The van der Waals surface area contributed by atoms with Crippen LogP contribution in [0.25, 0.3) is 0 Å². The maximum Gasteiger partial charge on any atom is 0.412 e. The third kappa shape index (κ3) is 4.49. The number of aryl methyl sites for hydroxylation is 2. The van der Waals surface area contributed by atoms with Crippen LogP contribution in [0, 0.1) is 18.8 Å². The van der Waals surface area contributed by atoms with Crippen LogP contribution in [0.2, 0.25) is 0 Å². The number of amides is 1. The van der Waals surface area contributed by atoms with Crippen LogP contribution >= 0.6 is 0 Å². The Hall–Kier alpha value is -4.05. The normalized spacial score (nSPS) is 15.2. The third-order valence-corrected chi connectivity index (χ3v) is 5.48. The maximum atomic E-state index is 12.4. The molecule has 4 rings (SSSR count). The van der Waals surface area contributed by atoms with Gasteiger partial charge < -0.3 is 14.4 Å². The fraction of sp³-hybridized carbons (Fsp3) is 0.240. The first kappa shape index (κ1) is 21.2. The summed E-state index contributed by atoms with van der Waals surface area (Å²) in [7, 11) is 0. The molecule has 7 heteroatoms. The van der Waals surface area contributed by atoms with Crippen LogP contribution in [0.1, 0.15) is 59.1 Å². The van der Waals surface area contributed by atoms with Gasteiger partial charge in [0.15, 0.2) is 0 Å². The molecule has 32 heavy (non-hydrogen) atoms. The van der Waals surface area contributed by atoms with Crippen LogP contribution in [0.3, 0.4) is 0 Å². The van der Waals surface area contributed by atoms with Crippen molar-refractivity contribution in [2.75, 3.05) is 5.32 Å². The first-order chi connectivity index (χ1) is 15.4. The summed E-state index contributed by atoms with van der Waals surface area (Å²) in [6.45, 7) is 3.49. The van der Waals surface area contributed by atoms with Gasteiger partial charge in [-0.25, -0.2) is 4.79 Å². The first-order valence-electron chi connectivity index (χ1n) is 10.3. The molecule has 0 saturated carbocycles. The number of rotatable bonds is 4. The Bertz CT molecular complexity index is 1220. The van der Waals surface area contributed by atoms with E-state index in [-0.39, 0.29) is 5.76 Å². The van der Waals surface area contributed by atoms with Crippen LogP contribution in [0.4, 0.5) is 10.5 Å². The Labute approximate surface area is 185 Å². The highest BCUT2D eigenvalue weighted by atomic mass is 16.6. The van der Waals surface area contributed by atoms with Gasteiger partial charge in [0, 0.05) is 5.56 Å². The van der Waals surface area contributed by atoms with Gasteiger partial charge in [0.25, 0.3) is 0 Å². The SMILES string of the molecule is Cc1noc(C#Cc2ccc3c(c2)CCC3C(=O)O)c1NC(=O)OC(C)c1ccccc1. The van der Waals surface area contributed by atoms with E-state index in [1.807, 2.05) is 42.5 Å². The van der Waals surface area contributed by atoms with Crippen LogP contribution in [-0.4, -0.2) is 22.3 Å². The molecule has 162 valence electrons. The molecule has 2 unspecified atom stereocenters. The average Bonchev–Trinajstić information content (AvgIpc) is 3.36. The highest BCUT2D eigenvalue weighted by Crippen LogP contribution is 2.33. The number of anilines is 1. The van der Waals surface area contributed by atoms with Gasteiger partial charge in [-0.2, -0.15) is 0 Å². The predicted octanol–water partition coefficient (Wildman–Crippen LogP) is 4.81. The van der Waals surface area contributed by atoms with Gasteiger partial charge >= 0.3 is 12.1 Å². The number of benzene rings is 2. The minimum Gasteiger partial charge on any atom is -0.481 e. The van der Waals surface area contributed by atoms with E-state index in [2.05, 4.69) is 22.3 Å². The fourth-order valence-electron chi connectivity index (χ4n) is 3.77. The lowest BCUT2D eigenvalue weighted by Crippen LogP contribution is -2.16. The lowest BCUT2D eigenvalue weighted by molar-refractivity contribution is -0.138. The number of nitrogens with zero attached hydrogens (tertiary/aromatic N) is 1. The first-order valence-corrected chi connectivity index (χ1v) is 10.3. The molecule has 2 N–H and O–H groups in total. The molecule has 1 heterocycles. The van der Waals surface area contributed by atoms with Crippen molar-refractivity contribution in [1.82, 2.24) is 5.16 Å². The van der Waals surface area contributed by atoms with Gasteiger partial charge in [0.1, 0.15) is 17.5 Å². The van der Waals surface area contributed by atoms with Crippen LogP contribution in [0.15, 0.2) is 53.1 Å². The molecule has 1 amide bonds. The van der Waals surface area contributed by atoms with Gasteiger partial charge in [-0.15, -0.1) is 0 Å². The summed E-state index contributed by atoms with van der Waals surface area (Å²) in [6.07, 6.45) is 0.252. The topological polar surface area (TPSA) is 102 Å². The molecule has 0 radical (unpaired) electrons. The number of carboxylic acids is 1. The zero-order valence-corrected chi connectivity index (χ0v) is 17.7. The number of aromatic nitrogens is 1. The van der Waals surface area contributed by atoms with Crippen LogP contribution < -0.4 is 5.32 Å². The average molecular weight is 430 g/mol. The number of carbonyl (C=O) groups excluding carboxylic acids is 1. The molecule has 0 saturated heterocycles. The Morgan fingerprint density at radius 3 is 2.75 bits per heavy atom. The quantitative estimate of drug-likeness (QED) is 0.576. The summed E-state index contributed by atoms with van der Waals surface area (Å²) < 4.78 is 10.7. The molecule has 2 atom stereocenters. The van der Waals surface area contributed by atoms with Crippen molar-refractivity contribution in [3.63, 3.8) is 0 Å². The number of aliphatic carboxylic acids is 1. The Morgan fingerprint density at radius 1 is 1.22 bits per heavy atom. The highest BCUT2D eigenvalue weighted by molar-refractivity contribution is 5.87. The lowest BCUT2D eigenvalue weighted by Gasteiger charge is -2.13. The molecule has 0 aliphatic heterocycles. The van der Waals surface area contributed by atoms with Gasteiger partial charge in [0.05, 0.1) is 5.92 Å². The fourth-order valence-corrected chi connectivity index (χ4v) is 3.77. The number of nitrogens with one attached hydrogen (secondary N) is 1. The number of hydrogen-bond donors (Lipinski definition) is 2. The third-order valence-electron chi connectivity index (χ3n) is 5.48. The highest BCUT2D eigenvalue weighted by Gasteiger charge is 2.28. The molecule has 7 nitrogen and oxygen atoms in total. The second-order valence-electron chi connectivity index (χ2n) is 7.65. The van der Waals surface area contributed by atoms with E-state index in [0.717, 1.165) is 22.3 Å². The number of ether oxygens (including phenoxy) is 1. The molecule has 0 bridgehead atoms. The van der Waals surface area contributed by atoms with Crippen molar-refractivity contribution in [2.24, 2.45) is 0 Å². The zero-order chi connectivity index (χ0) is 22.7. The summed E-state index contributed by atoms with van der Waals surface area (Å²) in [5, 5.41) is 15.9. The molecule has 2 aromatic carbocycles. The Balaban J connectivity index is 1.48. The van der Waals surface area contributed by atoms with E-state index in [9.17, 15) is 14.7 Å². The van der Waals surface area contributed by atoms with Gasteiger partial charge in [-0.3, -0.25) is 10.1 Å². The number of carboxylic acid groups (broad SMARTS) is 1. The van der Waals surface area contributed by atoms with Crippen LogP contribution in [0.5, 0.6) is 0 Å². The summed E-state index contributed by atoms with van der Waals surface area (Å²) in [4.78, 5) is 23.7. The Morgan fingerprint density at radius 2 is 2.00 bits per heavy atom. The van der Waals surface area contributed by atoms with E-state index in [0.29, 0.717) is 24.2 Å². The van der Waals surface area contributed by atoms with Crippen molar-refractivity contribution in [3.8, 4) is 11.8 Å². The molecule has 1 aromatic heterocycles. The molecule has 0 spiro atoms. The predicted molar refractivity (Wildman–Crippen MR) is 117 cm³/mol. The lowest BCUT2D eigenvalue weighted by atomic mass is 10.00. The van der Waals surface area contributed by atoms with Crippen molar-refractivity contribution in [2.45, 2.75) is 38.7 Å². The largest absolute Gasteiger partial charge is 0.481 e. The summed E-state index contributed by atoms with van der Waals surface area (Å²) in [5.41, 5.74) is 4.29. The smallest absolute Gasteiger partial charge is 0.412 e. The summed E-state index contributed by atoms with van der Waals surface area (Å²) in [5.74, 6) is 4.87. The second-order valence-corrected chi connectivity index (χ2v) is 7.65. The van der Waals surface area contributed by atoms with Crippen molar-refractivity contribution in [3.05, 3.63) is 82.2 Å². The van der Waals surface area contributed by atoms with Crippen molar-refractivity contribution >= 4 is 17.7 Å². The molecule has 1 aliphatic carbocycles. The Kier molecular flexibility index (Phi) is 5.95. The van der Waals surface area contributed by atoms with Crippen LogP contribution in [-0.2, 0) is 16.0 Å². The molecular weight excluding hydrogens is 408 g/mol. The molecular formula is C25H22N2O5. The standard InChI is InChI=1S/C25H22N2O5/c1-15-23(26-25(30)31-16(2)18-6-4-3-5-7-18)22(32-27-15)13-9-17-8-11-20-19(14-17)10-12-21(20)24(28)29/h3-8,11,14,16,21H,10,12H2,1-2H3,(H,26,30)(H,28,29). The van der Waals surface area contributed by atoms with Gasteiger partial charge in [-0.05, 0) is 61.4 Å². The monoisotopic (exact) mass is 430 g/mol. The molecule has 1 aliphatic rings. The minimum absolute atomic E-state index is 0.218. The maximum absolute atomic E-state index is 12.4. The number of hydrogen-bond acceptors (Lipinski definition) is 5. The van der Waals surface area contributed by atoms with Crippen molar-refractivity contribution < 1.29 is 24.0 Å².